The van der Waals surface area contributed by atoms with Gasteiger partial charge in [0, 0.05) is 29.8 Å². The average Bonchev–Trinajstić information content (AvgIpc) is 3.19. The molecule has 0 N–H and O–H groups in total. The third-order valence-electron chi connectivity index (χ3n) is 4.40. The largest absolute Gasteiger partial charge is 0.481 e. The number of aromatic nitrogens is 5. The quantitative estimate of drug-likeness (QED) is 0.498. The fraction of sp³-hybridized carbons (Fsp3) is 0.273. The number of hydrogen-bond acceptors (Lipinski definition) is 6. The monoisotopic (exact) mass is 386 g/mol. The van der Waals surface area contributed by atoms with Crippen LogP contribution in [0, 0.1) is 17.3 Å². The van der Waals surface area contributed by atoms with Gasteiger partial charge in [0.2, 0.25) is 5.88 Å². The lowest BCUT2D eigenvalue weighted by molar-refractivity contribution is 0.399. The highest BCUT2D eigenvalue weighted by atomic mass is 16.5. The topological polar surface area (TPSA) is 68.4 Å². The zero-order chi connectivity index (χ0) is 20.6. The van der Waals surface area contributed by atoms with E-state index in [0.717, 1.165) is 22.5 Å². The fourth-order valence-corrected chi connectivity index (χ4v) is 2.94. The van der Waals surface area contributed by atoms with Crippen LogP contribution in [-0.4, -0.2) is 38.7 Å². The van der Waals surface area contributed by atoms with Crippen LogP contribution in [0.15, 0.2) is 42.7 Å². The van der Waals surface area contributed by atoms with Crippen LogP contribution in [-0.2, 0) is 0 Å². The van der Waals surface area contributed by atoms with Crippen LogP contribution in [0.25, 0.3) is 16.8 Å². The summed E-state index contributed by atoms with van der Waals surface area (Å²) in [7, 11) is 3.56. The highest BCUT2D eigenvalue weighted by molar-refractivity contribution is 5.91. The molecule has 0 spiro atoms. The molecule has 0 saturated carbocycles. The van der Waals surface area contributed by atoms with Gasteiger partial charge in [-0.2, -0.15) is 9.97 Å². The normalized spacial score (nSPS) is 11.3. The van der Waals surface area contributed by atoms with E-state index in [4.69, 9.17) is 9.72 Å². The molecular weight excluding hydrogens is 364 g/mol. The Labute approximate surface area is 169 Å². The third-order valence-corrected chi connectivity index (χ3v) is 4.40. The van der Waals surface area contributed by atoms with Gasteiger partial charge in [0.25, 0.3) is 5.78 Å². The molecular formula is C22H22N6O. The standard InChI is InChI=1S/C22H22N6O/c1-22(2,3)12-11-15-7-6-8-16(13-15)27(4)19-17-9-10-18(29-5)24-20(17)28-14-23-26-21(28)25-19/h6-10,13-14H,1-5H3. The fourth-order valence-electron chi connectivity index (χ4n) is 2.94. The lowest BCUT2D eigenvalue weighted by atomic mass is 9.97. The highest BCUT2D eigenvalue weighted by Crippen LogP contribution is 2.30. The van der Waals surface area contributed by atoms with Crippen molar-refractivity contribution in [2.24, 2.45) is 5.41 Å². The maximum absolute atomic E-state index is 5.29. The molecule has 0 fully saturated rings. The Morgan fingerprint density at radius 3 is 2.69 bits per heavy atom. The Bertz CT molecular complexity index is 1260. The van der Waals surface area contributed by atoms with E-state index in [1.165, 1.54) is 0 Å². The molecule has 29 heavy (non-hydrogen) atoms. The Morgan fingerprint density at radius 2 is 1.93 bits per heavy atom. The molecule has 0 saturated heterocycles. The summed E-state index contributed by atoms with van der Waals surface area (Å²) >= 11 is 0. The minimum atomic E-state index is -0.0525. The summed E-state index contributed by atoms with van der Waals surface area (Å²) in [4.78, 5) is 11.3. The molecule has 3 aromatic heterocycles. The Kier molecular flexibility index (Phi) is 4.55. The average molecular weight is 386 g/mol. The lowest BCUT2D eigenvalue weighted by Gasteiger charge is -2.20. The van der Waals surface area contributed by atoms with E-state index in [-0.39, 0.29) is 5.41 Å². The van der Waals surface area contributed by atoms with Crippen molar-refractivity contribution >= 4 is 28.3 Å². The molecule has 7 nitrogen and oxygen atoms in total. The van der Waals surface area contributed by atoms with Crippen molar-refractivity contribution in [2.45, 2.75) is 20.8 Å². The summed E-state index contributed by atoms with van der Waals surface area (Å²) in [6, 6.07) is 11.9. The van der Waals surface area contributed by atoms with E-state index in [2.05, 4.69) is 53.9 Å². The number of rotatable bonds is 3. The summed E-state index contributed by atoms with van der Waals surface area (Å²) < 4.78 is 7.04. The number of anilines is 2. The van der Waals surface area contributed by atoms with Crippen molar-refractivity contribution in [3.63, 3.8) is 0 Å². The first-order valence-corrected chi connectivity index (χ1v) is 9.27. The number of ether oxygens (including phenoxy) is 1. The predicted molar refractivity (Wildman–Crippen MR) is 113 cm³/mol. The number of methoxy groups -OCH3 is 1. The Balaban J connectivity index is 1.84. The smallest absolute Gasteiger partial charge is 0.258 e. The summed E-state index contributed by atoms with van der Waals surface area (Å²) in [5, 5.41) is 8.95. The Morgan fingerprint density at radius 1 is 1.10 bits per heavy atom. The van der Waals surface area contributed by atoms with Gasteiger partial charge in [-0.15, -0.1) is 10.2 Å². The molecule has 0 aliphatic carbocycles. The summed E-state index contributed by atoms with van der Waals surface area (Å²) in [5.41, 5.74) is 2.56. The van der Waals surface area contributed by atoms with Gasteiger partial charge in [-0.25, -0.2) is 4.40 Å². The number of fused-ring (bicyclic) bond motifs is 3. The molecule has 0 atom stereocenters. The predicted octanol–water partition coefficient (Wildman–Crippen LogP) is 3.85. The highest BCUT2D eigenvalue weighted by Gasteiger charge is 2.16. The summed E-state index contributed by atoms with van der Waals surface area (Å²) in [6.07, 6.45) is 1.60. The second kappa shape index (κ2) is 7.06. The van der Waals surface area contributed by atoms with Crippen LogP contribution in [0.3, 0.4) is 0 Å². The molecule has 0 radical (unpaired) electrons. The molecule has 0 bridgehead atoms. The van der Waals surface area contributed by atoms with Crippen molar-refractivity contribution in [1.29, 1.82) is 0 Å². The molecule has 7 heteroatoms. The summed E-state index contributed by atoms with van der Waals surface area (Å²) in [5.74, 6) is 8.26. The van der Waals surface area contributed by atoms with Gasteiger partial charge in [-0.3, -0.25) is 0 Å². The molecule has 0 unspecified atom stereocenters. The van der Waals surface area contributed by atoms with Gasteiger partial charge in [0.15, 0.2) is 5.65 Å². The zero-order valence-corrected chi connectivity index (χ0v) is 17.1. The molecule has 1 aromatic carbocycles. The van der Waals surface area contributed by atoms with Crippen LogP contribution >= 0.6 is 0 Å². The van der Waals surface area contributed by atoms with Gasteiger partial charge in [0.05, 0.1) is 12.5 Å². The van der Waals surface area contributed by atoms with E-state index in [0.29, 0.717) is 17.3 Å². The molecule has 4 rings (SSSR count). The van der Waals surface area contributed by atoms with Gasteiger partial charge in [-0.1, -0.05) is 17.9 Å². The van der Waals surface area contributed by atoms with E-state index in [1.807, 2.05) is 42.3 Å². The van der Waals surface area contributed by atoms with Crippen molar-refractivity contribution in [2.75, 3.05) is 19.1 Å². The second-order valence-electron chi connectivity index (χ2n) is 7.77. The van der Waals surface area contributed by atoms with Crippen LogP contribution in [0.1, 0.15) is 26.3 Å². The number of hydrogen-bond donors (Lipinski definition) is 0. The van der Waals surface area contributed by atoms with Crippen molar-refractivity contribution in [1.82, 2.24) is 24.6 Å². The lowest BCUT2D eigenvalue weighted by Crippen LogP contribution is -2.13. The van der Waals surface area contributed by atoms with Crippen molar-refractivity contribution < 1.29 is 4.74 Å². The maximum Gasteiger partial charge on any atom is 0.258 e. The van der Waals surface area contributed by atoms with Gasteiger partial charge < -0.3 is 9.64 Å². The second-order valence-corrected chi connectivity index (χ2v) is 7.77. The minimum Gasteiger partial charge on any atom is -0.481 e. The SMILES string of the molecule is COc1ccc2c(N(C)c3cccc(C#CC(C)(C)C)c3)nc3nncn3c2n1. The molecule has 0 aliphatic heterocycles. The molecule has 0 amide bonds. The summed E-state index contributed by atoms with van der Waals surface area (Å²) in [6.45, 7) is 6.29. The maximum atomic E-state index is 5.29. The van der Waals surface area contributed by atoms with E-state index >= 15 is 0 Å². The minimum absolute atomic E-state index is 0.0525. The van der Waals surface area contributed by atoms with Gasteiger partial charge in [-0.05, 0) is 45.0 Å². The molecule has 146 valence electrons. The third kappa shape index (κ3) is 3.69. The van der Waals surface area contributed by atoms with Gasteiger partial charge in [0.1, 0.15) is 12.1 Å². The van der Waals surface area contributed by atoms with E-state index < -0.39 is 0 Å². The number of nitrogens with zero attached hydrogens (tertiary/aromatic N) is 6. The van der Waals surface area contributed by atoms with Crippen LogP contribution in [0.4, 0.5) is 11.5 Å². The Hall–Kier alpha value is -3.66. The molecule has 4 aromatic rings. The van der Waals surface area contributed by atoms with Crippen molar-refractivity contribution in [3.8, 4) is 17.7 Å². The first-order valence-electron chi connectivity index (χ1n) is 9.27. The number of benzene rings is 1. The van der Waals surface area contributed by atoms with Crippen LogP contribution in [0.5, 0.6) is 5.88 Å². The van der Waals surface area contributed by atoms with Crippen molar-refractivity contribution in [3.05, 3.63) is 48.3 Å². The molecule has 3 heterocycles. The first-order chi connectivity index (χ1) is 13.9. The van der Waals surface area contributed by atoms with Crippen LogP contribution in [0.2, 0.25) is 0 Å². The van der Waals surface area contributed by atoms with E-state index in [1.54, 1.807) is 17.8 Å². The first kappa shape index (κ1) is 18.7. The number of pyridine rings is 1. The zero-order valence-electron chi connectivity index (χ0n) is 17.1. The molecule has 0 aliphatic rings. The van der Waals surface area contributed by atoms with Gasteiger partial charge >= 0.3 is 0 Å². The van der Waals surface area contributed by atoms with Crippen LogP contribution < -0.4 is 9.64 Å². The van der Waals surface area contributed by atoms with E-state index in [9.17, 15) is 0 Å².